The van der Waals surface area contributed by atoms with Gasteiger partial charge in [-0.2, -0.15) is 0 Å². The molecule has 0 saturated carbocycles. The first kappa shape index (κ1) is 13.3. The second-order valence-corrected chi connectivity index (χ2v) is 5.78. The summed E-state index contributed by atoms with van der Waals surface area (Å²) in [6.07, 6.45) is 6.18. The zero-order valence-electron chi connectivity index (χ0n) is 12.1. The van der Waals surface area contributed by atoms with Crippen molar-refractivity contribution in [2.24, 2.45) is 0 Å². The van der Waals surface area contributed by atoms with Crippen LogP contribution in [0.1, 0.15) is 48.7 Å². The zero-order valence-corrected chi connectivity index (χ0v) is 12.1. The minimum atomic E-state index is 0.373. The van der Waals surface area contributed by atoms with Crippen molar-refractivity contribution in [1.82, 2.24) is 15.3 Å². The number of hydrogen-bond acceptors (Lipinski definition) is 3. The van der Waals surface area contributed by atoms with Gasteiger partial charge in [0.05, 0.1) is 0 Å². The van der Waals surface area contributed by atoms with Crippen molar-refractivity contribution < 1.29 is 0 Å². The molecule has 0 fully saturated rings. The van der Waals surface area contributed by atoms with Gasteiger partial charge in [-0.1, -0.05) is 38.1 Å². The molecular weight excluding hydrogens is 246 g/mol. The fourth-order valence-electron chi connectivity index (χ4n) is 2.78. The molecule has 2 aromatic rings. The van der Waals surface area contributed by atoms with E-state index in [9.17, 15) is 0 Å². The smallest absolute Gasteiger partial charge is 0.135 e. The van der Waals surface area contributed by atoms with Crippen LogP contribution in [-0.2, 0) is 13.0 Å². The van der Waals surface area contributed by atoms with E-state index in [2.05, 4.69) is 53.4 Å². The summed E-state index contributed by atoms with van der Waals surface area (Å²) in [6.45, 7) is 5.12. The van der Waals surface area contributed by atoms with E-state index < -0.39 is 0 Å². The molecule has 1 unspecified atom stereocenters. The molecule has 1 aromatic carbocycles. The van der Waals surface area contributed by atoms with E-state index in [1.54, 1.807) is 0 Å². The molecule has 104 valence electrons. The molecule has 0 amide bonds. The Morgan fingerprint density at radius 1 is 1.20 bits per heavy atom. The van der Waals surface area contributed by atoms with Crippen LogP contribution in [0.3, 0.4) is 0 Å². The average Bonchev–Trinajstić information content (AvgIpc) is 2.89. The summed E-state index contributed by atoms with van der Waals surface area (Å²) in [4.78, 5) is 9.17. The Morgan fingerprint density at radius 2 is 1.95 bits per heavy atom. The molecule has 0 bridgehead atoms. The van der Waals surface area contributed by atoms with E-state index in [-0.39, 0.29) is 0 Å². The van der Waals surface area contributed by atoms with E-state index in [4.69, 9.17) is 0 Å². The van der Waals surface area contributed by atoms with Crippen LogP contribution in [0.15, 0.2) is 36.7 Å². The maximum absolute atomic E-state index is 4.59. The molecule has 1 aliphatic rings. The van der Waals surface area contributed by atoms with Crippen molar-refractivity contribution in [3.63, 3.8) is 0 Å². The number of nitrogens with zero attached hydrogens (tertiary/aromatic N) is 2. The third kappa shape index (κ3) is 2.73. The van der Waals surface area contributed by atoms with E-state index in [0.717, 1.165) is 30.8 Å². The summed E-state index contributed by atoms with van der Waals surface area (Å²) >= 11 is 0. The molecule has 0 spiro atoms. The normalized spacial score (nSPS) is 17.4. The highest BCUT2D eigenvalue weighted by molar-refractivity contribution is 5.38. The Hall–Kier alpha value is -1.74. The standard InChI is InChI=1S/C17H21N3/c1-12(2)18-9-13-10-19-17(20-11-13)16-8-7-14-5-3-4-6-15(14)16/h3-6,10-12,16,18H,7-9H2,1-2H3. The first-order valence-electron chi connectivity index (χ1n) is 7.36. The van der Waals surface area contributed by atoms with Gasteiger partial charge in [-0.05, 0) is 24.0 Å². The first-order valence-corrected chi connectivity index (χ1v) is 7.36. The van der Waals surface area contributed by atoms with Gasteiger partial charge in [-0.3, -0.25) is 0 Å². The number of rotatable bonds is 4. The van der Waals surface area contributed by atoms with Gasteiger partial charge < -0.3 is 5.32 Å². The Balaban J connectivity index is 1.76. The highest BCUT2D eigenvalue weighted by atomic mass is 14.9. The molecule has 1 atom stereocenters. The monoisotopic (exact) mass is 267 g/mol. The lowest BCUT2D eigenvalue weighted by atomic mass is 10.0. The summed E-state index contributed by atoms with van der Waals surface area (Å²) in [5.74, 6) is 1.33. The largest absolute Gasteiger partial charge is 0.310 e. The minimum Gasteiger partial charge on any atom is -0.310 e. The van der Waals surface area contributed by atoms with Crippen molar-refractivity contribution in [3.05, 3.63) is 59.2 Å². The number of nitrogens with one attached hydrogen (secondary N) is 1. The van der Waals surface area contributed by atoms with Crippen molar-refractivity contribution in [2.45, 2.75) is 45.2 Å². The molecule has 0 saturated heterocycles. The molecular formula is C17H21N3. The van der Waals surface area contributed by atoms with Crippen LogP contribution in [0.25, 0.3) is 0 Å². The first-order chi connectivity index (χ1) is 9.74. The third-order valence-electron chi connectivity index (χ3n) is 3.88. The Bertz CT molecular complexity index is 575. The number of benzene rings is 1. The second kappa shape index (κ2) is 5.71. The number of hydrogen-bond donors (Lipinski definition) is 1. The van der Waals surface area contributed by atoms with Gasteiger partial charge in [0.25, 0.3) is 0 Å². The van der Waals surface area contributed by atoms with Gasteiger partial charge in [0, 0.05) is 36.5 Å². The van der Waals surface area contributed by atoms with Gasteiger partial charge in [-0.25, -0.2) is 9.97 Å². The highest BCUT2D eigenvalue weighted by Crippen LogP contribution is 2.35. The van der Waals surface area contributed by atoms with Crippen LogP contribution in [-0.4, -0.2) is 16.0 Å². The third-order valence-corrected chi connectivity index (χ3v) is 3.88. The second-order valence-electron chi connectivity index (χ2n) is 5.78. The predicted octanol–water partition coefficient (Wildman–Crippen LogP) is 3.05. The number of fused-ring (bicyclic) bond motifs is 1. The van der Waals surface area contributed by atoms with Gasteiger partial charge in [0.15, 0.2) is 0 Å². The van der Waals surface area contributed by atoms with Gasteiger partial charge in [0.1, 0.15) is 5.82 Å². The maximum atomic E-state index is 4.59. The molecule has 0 aliphatic heterocycles. The fourth-order valence-corrected chi connectivity index (χ4v) is 2.78. The summed E-state index contributed by atoms with van der Waals surface area (Å²) in [7, 11) is 0. The Labute approximate surface area is 120 Å². The van der Waals surface area contributed by atoms with E-state index in [1.807, 2.05) is 12.4 Å². The maximum Gasteiger partial charge on any atom is 0.135 e. The molecule has 20 heavy (non-hydrogen) atoms. The predicted molar refractivity (Wildman–Crippen MR) is 80.6 cm³/mol. The highest BCUT2D eigenvalue weighted by Gasteiger charge is 2.25. The summed E-state index contributed by atoms with van der Waals surface area (Å²) in [5, 5.41) is 3.39. The molecule has 0 radical (unpaired) electrons. The van der Waals surface area contributed by atoms with Gasteiger partial charge >= 0.3 is 0 Å². The van der Waals surface area contributed by atoms with Crippen molar-refractivity contribution >= 4 is 0 Å². The summed E-state index contributed by atoms with van der Waals surface area (Å²) < 4.78 is 0. The van der Waals surface area contributed by atoms with Gasteiger partial charge in [-0.15, -0.1) is 0 Å². The average molecular weight is 267 g/mol. The molecule has 3 nitrogen and oxygen atoms in total. The van der Waals surface area contributed by atoms with Crippen LogP contribution in [0.2, 0.25) is 0 Å². The van der Waals surface area contributed by atoms with Crippen LogP contribution < -0.4 is 5.32 Å². The van der Waals surface area contributed by atoms with E-state index in [0.29, 0.717) is 12.0 Å². The van der Waals surface area contributed by atoms with E-state index >= 15 is 0 Å². The number of aromatic nitrogens is 2. The molecule has 1 aromatic heterocycles. The van der Waals surface area contributed by atoms with Crippen molar-refractivity contribution in [3.8, 4) is 0 Å². The van der Waals surface area contributed by atoms with Gasteiger partial charge in [0.2, 0.25) is 0 Å². The summed E-state index contributed by atoms with van der Waals surface area (Å²) in [6, 6.07) is 9.14. The lowest BCUT2D eigenvalue weighted by Crippen LogP contribution is -2.22. The van der Waals surface area contributed by atoms with Crippen LogP contribution in [0.5, 0.6) is 0 Å². The lowest BCUT2D eigenvalue weighted by Gasteiger charge is -2.11. The topological polar surface area (TPSA) is 37.8 Å². The molecule has 1 aliphatic carbocycles. The van der Waals surface area contributed by atoms with Crippen LogP contribution in [0.4, 0.5) is 0 Å². The Kier molecular flexibility index (Phi) is 3.79. The SMILES string of the molecule is CC(C)NCc1cnc(C2CCc3ccccc32)nc1. The quantitative estimate of drug-likeness (QED) is 0.925. The fraction of sp³-hybridized carbons (Fsp3) is 0.412. The molecule has 1 heterocycles. The molecule has 3 heteroatoms. The minimum absolute atomic E-state index is 0.373. The molecule has 3 rings (SSSR count). The summed E-state index contributed by atoms with van der Waals surface area (Å²) in [5.41, 5.74) is 4.00. The van der Waals surface area contributed by atoms with Crippen LogP contribution in [0, 0.1) is 0 Å². The van der Waals surface area contributed by atoms with Crippen molar-refractivity contribution in [1.29, 1.82) is 0 Å². The van der Waals surface area contributed by atoms with Crippen LogP contribution >= 0.6 is 0 Å². The lowest BCUT2D eigenvalue weighted by molar-refractivity contribution is 0.585. The number of aryl methyl sites for hydroxylation is 1. The Morgan fingerprint density at radius 3 is 2.70 bits per heavy atom. The zero-order chi connectivity index (χ0) is 13.9. The van der Waals surface area contributed by atoms with E-state index in [1.165, 1.54) is 11.1 Å². The molecule has 1 N–H and O–H groups in total. The van der Waals surface area contributed by atoms with Crippen molar-refractivity contribution in [2.75, 3.05) is 0 Å².